The average Bonchev–Trinajstić information content (AvgIpc) is 2.30. The van der Waals surface area contributed by atoms with Crippen LogP contribution in [-0.2, 0) is 16.6 Å². The lowest BCUT2D eigenvalue weighted by atomic mass is 10.0. The largest absolute Gasteiger partial charge is 0.496 e. The second-order valence-electron chi connectivity index (χ2n) is 4.69. The molecule has 0 radical (unpaired) electrons. The van der Waals surface area contributed by atoms with Gasteiger partial charge in [-0.15, -0.1) is 0 Å². The standard InChI is InChI=1S/C13H22N2O3S/c1-10-8-11(2)12(13(9-10)18-5)6-7-14-19(16,17)15(3)4/h8-9,14H,6-7H2,1-5H3. The summed E-state index contributed by atoms with van der Waals surface area (Å²) in [6, 6.07) is 4.03. The third kappa shape index (κ3) is 4.19. The van der Waals surface area contributed by atoms with E-state index in [1.165, 1.54) is 14.1 Å². The molecular weight excluding hydrogens is 264 g/mol. The van der Waals surface area contributed by atoms with E-state index < -0.39 is 10.2 Å². The van der Waals surface area contributed by atoms with Crippen LogP contribution in [0.25, 0.3) is 0 Å². The van der Waals surface area contributed by atoms with Crippen LogP contribution in [-0.4, -0.2) is 40.5 Å². The Bertz CT molecular complexity index is 539. The van der Waals surface area contributed by atoms with Gasteiger partial charge < -0.3 is 4.74 Å². The van der Waals surface area contributed by atoms with Gasteiger partial charge in [0.2, 0.25) is 0 Å². The van der Waals surface area contributed by atoms with Gasteiger partial charge in [-0.05, 0) is 43.0 Å². The van der Waals surface area contributed by atoms with E-state index in [0.29, 0.717) is 13.0 Å². The molecule has 0 fully saturated rings. The molecule has 0 aromatic heterocycles. The molecule has 0 bridgehead atoms. The number of benzene rings is 1. The van der Waals surface area contributed by atoms with Crippen molar-refractivity contribution in [3.63, 3.8) is 0 Å². The van der Waals surface area contributed by atoms with E-state index in [0.717, 1.165) is 26.7 Å². The topological polar surface area (TPSA) is 58.6 Å². The molecule has 0 amide bonds. The van der Waals surface area contributed by atoms with Crippen LogP contribution in [0.5, 0.6) is 5.75 Å². The minimum absolute atomic E-state index is 0.348. The molecule has 0 unspecified atom stereocenters. The first-order valence-electron chi connectivity index (χ1n) is 6.09. The van der Waals surface area contributed by atoms with E-state index in [1.54, 1.807) is 7.11 Å². The van der Waals surface area contributed by atoms with Crippen molar-refractivity contribution >= 4 is 10.2 Å². The first-order chi connectivity index (χ1) is 8.77. The molecule has 1 rings (SSSR count). The molecule has 0 atom stereocenters. The number of rotatable bonds is 6. The molecule has 0 saturated heterocycles. The maximum absolute atomic E-state index is 11.6. The van der Waals surface area contributed by atoms with E-state index >= 15 is 0 Å². The molecule has 5 nitrogen and oxygen atoms in total. The highest BCUT2D eigenvalue weighted by Crippen LogP contribution is 2.24. The maximum atomic E-state index is 11.6. The summed E-state index contributed by atoms with van der Waals surface area (Å²) >= 11 is 0. The number of hydrogen-bond donors (Lipinski definition) is 1. The van der Waals surface area contributed by atoms with Crippen LogP contribution in [0.3, 0.4) is 0 Å². The van der Waals surface area contributed by atoms with Gasteiger partial charge in [0.25, 0.3) is 10.2 Å². The molecule has 0 saturated carbocycles. The van der Waals surface area contributed by atoms with Crippen molar-refractivity contribution in [2.24, 2.45) is 0 Å². The summed E-state index contributed by atoms with van der Waals surface area (Å²) in [5, 5.41) is 0. The summed E-state index contributed by atoms with van der Waals surface area (Å²) in [5.74, 6) is 0.807. The Morgan fingerprint density at radius 1 is 1.26 bits per heavy atom. The Balaban J connectivity index is 2.79. The van der Waals surface area contributed by atoms with Gasteiger partial charge >= 0.3 is 0 Å². The summed E-state index contributed by atoms with van der Waals surface area (Å²) in [7, 11) is 1.26. The fraction of sp³-hybridized carbons (Fsp3) is 0.538. The molecule has 108 valence electrons. The van der Waals surface area contributed by atoms with Gasteiger partial charge in [0.15, 0.2) is 0 Å². The highest BCUT2D eigenvalue weighted by molar-refractivity contribution is 7.87. The van der Waals surface area contributed by atoms with Crippen LogP contribution >= 0.6 is 0 Å². The SMILES string of the molecule is COc1cc(C)cc(C)c1CCNS(=O)(=O)N(C)C. The van der Waals surface area contributed by atoms with E-state index in [2.05, 4.69) is 10.8 Å². The molecule has 0 aliphatic rings. The zero-order valence-electron chi connectivity index (χ0n) is 12.1. The number of methoxy groups -OCH3 is 1. The van der Waals surface area contributed by atoms with E-state index in [9.17, 15) is 8.42 Å². The third-order valence-corrected chi connectivity index (χ3v) is 4.47. The molecule has 1 aromatic carbocycles. The van der Waals surface area contributed by atoms with Crippen LogP contribution in [0, 0.1) is 13.8 Å². The fourth-order valence-corrected chi connectivity index (χ4v) is 2.51. The molecule has 6 heteroatoms. The molecule has 0 aliphatic heterocycles. The van der Waals surface area contributed by atoms with Crippen molar-refractivity contribution < 1.29 is 13.2 Å². The number of nitrogens with zero attached hydrogens (tertiary/aromatic N) is 1. The van der Waals surface area contributed by atoms with Crippen LogP contribution in [0.4, 0.5) is 0 Å². The van der Waals surface area contributed by atoms with Crippen LogP contribution in [0.1, 0.15) is 16.7 Å². The Kier molecular flexibility index (Phi) is 5.34. The highest BCUT2D eigenvalue weighted by Gasteiger charge is 2.13. The quantitative estimate of drug-likeness (QED) is 0.856. The lowest BCUT2D eigenvalue weighted by molar-refractivity contribution is 0.408. The minimum Gasteiger partial charge on any atom is -0.496 e. The summed E-state index contributed by atoms with van der Waals surface area (Å²) in [6.45, 7) is 4.36. The van der Waals surface area contributed by atoms with Gasteiger partial charge in [0.1, 0.15) is 5.75 Å². The van der Waals surface area contributed by atoms with Crippen molar-refractivity contribution in [3.05, 3.63) is 28.8 Å². The Labute approximate surface area is 115 Å². The van der Waals surface area contributed by atoms with Gasteiger partial charge in [0.05, 0.1) is 7.11 Å². The van der Waals surface area contributed by atoms with Crippen LogP contribution in [0.15, 0.2) is 12.1 Å². The van der Waals surface area contributed by atoms with Crippen molar-refractivity contribution in [2.45, 2.75) is 20.3 Å². The summed E-state index contributed by atoms with van der Waals surface area (Å²) in [6.07, 6.45) is 0.600. The van der Waals surface area contributed by atoms with E-state index in [1.807, 2.05) is 19.9 Å². The Morgan fingerprint density at radius 3 is 2.42 bits per heavy atom. The highest BCUT2D eigenvalue weighted by atomic mass is 32.2. The van der Waals surface area contributed by atoms with Gasteiger partial charge in [-0.3, -0.25) is 0 Å². The normalized spacial score (nSPS) is 11.9. The Hall–Kier alpha value is -1.11. The number of ether oxygens (including phenoxy) is 1. The smallest absolute Gasteiger partial charge is 0.278 e. The van der Waals surface area contributed by atoms with Crippen molar-refractivity contribution in [2.75, 3.05) is 27.7 Å². The minimum atomic E-state index is -3.37. The molecule has 1 aromatic rings. The third-order valence-electron chi connectivity index (χ3n) is 2.94. The number of nitrogens with one attached hydrogen (secondary N) is 1. The summed E-state index contributed by atoms with van der Waals surface area (Å²) in [5.41, 5.74) is 3.28. The second kappa shape index (κ2) is 6.36. The monoisotopic (exact) mass is 286 g/mol. The Morgan fingerprint density at radius 2 is 1.89 bits per heavy atom. The van der Waals surface area contributed by atoms with Gasteiger partial charge in [-0.1, -0.05) is 6.07 Å². The number of hydrogen-bond acceptors (Lipinski definition) is 3. The van der Waals surface area contributed by atoms with E-state index in [-0.39, 0.29) is 0 Å². The van der Waals surface area contributed by atoms with Gasteiger partial charge in [-0.2, -0.15) is 12.7 Å². The van der Waals surface area contributed by atoms with E-state index in [4.69, 9.17) is 4.74 Å². The predicted molar refractivity (Wildman–Crippen MR) is 76.8 cm³/mol. The van der Waals surface area contributed by atoms with Crippen molar-refractivity contribution in [1.82, 2.24) is 9.03 Å². The fourth-order valence-electron chi connectivity index (χ4n) is 1.90. The first-order valence-corrected chi connectivity index (χ1v) is 7.53. The molecule has 19 heavy (non-hydrogen) atoms. The van der Waals surface area contributed by atoms with Crippen LogP contribution in [0.2, 0.25) is 0 Å². The van der Waals surface area contributed by atoms with Gasteiger partial charge in [-0.25, -0.2) is 4.72 Å². The first kappa shape index (κ1) is 15.9. The lowest BCUT2D eigenvalue weighted by Gasteiger charge is -2.15. The molecule has 0 aliphatic carbocycles. The molecule has 0 spiro atoms. The summed E-state index contributed by atoms with van der Waals surface area (Å²) in [4.78, 5) is 0. The van der Waals surface area contributed by atoms with Gasteiger partial charge in [0, 0.05) is 20.6 Å². The maximum Gasteiger partial charge on any atom is 0.278 e. The zero-order valence-corrected chi connectivity index (χ0v) is 13.0. The second-order valence-corrected chi connectivity index (χ2v) is 6.66. The van der Waals surface area contributed by atoms with Crippen molar-refractivity contribution in [3.8, 4) is 5.75 Å². The van der Waals surface area contributed by atoms with Crippen molar-refractivity contribution in [1.29, 1.82) is 0 Å². The molecule has 1 N–H and O–H groups in total. The zero-order chi connectivity index (χ0) is 14.6. The molecular formula is C13H22N2O3S. The van der Waals surface area contributed by atoms with Crippen LogP contribution < -0.4 is 9.46 Å². The lowest BCUT2D eigenvalue weighted by Crippen LogP contribution is -2.36. The average molecular weight is 286 g/mol. The molecule has 0 heterocycles. The number of aryl methyl sites for hydroxylation is 2. The summed E-state index contributed by atoms with van der Waals surface area (Å²) < 4.78 is 32.2. The predicted octanol–water partition coefficient (Wildman–Crippen LogP) is 1.25.